The number of carboxylic acid groups (broad SMARTS) is 1. The Balaban J connectivity index is 1.85. The maximum absolute atomic E-state index is 12.8. The Hall–Kier alpha value is -2.63. The third-order valence-corrected chi connectivity index (χ3v) is 4.32. The Labute approximate surface area is 140 Å². The minimum Gasteiger partial charge on any atom is -0.481 e. The molecule has 1 saturated heterocycles. The van der Waals surface area contributed by atoms with Gasteiger partial charge in [0.25, 0.3) is 5.91 Å². The van der Waals surface area contributed by atoms with Crippen molar-refractivity contribution in [3.63, 3.8) is 0 Å². The summed E-state index contributed by atoms with van der Waals surface area (Å²) in [6, 6.07) is 9.37. The van der Waals surface area contributed by atoms with Gasteiger partial charge in [0.05, 0.1) is 5.92 Å². The number of nitrogens with zero attached hydrogens (tertiary/aromatic N) is 2. The van der Waals surface area contributed by atoms with Crippen LogP contribution in [0.2, 0.25) is 0 Å². The summed E-state index contributed by atoms with van der Waals surface area (Å²) in [5.41, 5.74) is 1.06. The van der Waals surface area contributed by atoms with Crippen molar-refractivity contribution in [1.82, 2.24) is 9.88 Å². The second-order valence-electron chi connectivity index (χ2n) is 6.38. The highest BCUT2D eigenvalue weighted by molar-refractivity contribution is 5.94. The van der Waals surface area contributed by atoms with Crippen LogP contribution >= 0.6 is 0 Å². The summed E-state index contributed by atoms with van der Waals surface area (Å²) in [4.78, 5) is 30.0. The molecule has 1 aliphatic heterocycles. The molecule has 0 aliphatic carbocycles. The molecule has 2 unspecified atom stereocenters. The molecular weight excluding hydrogens is 308 g/mol. The zero-order chi connectivity index (χ0) is 17.3. The molecule has 1 amide bonds. The van der Waals surface area contributed by atoms with Gasteiger partial charge in [-0.05, 0) is 31.4 Å². The number of rotatable bonds is 3. The molecule has 3 rings (SSSR count). The van der Waals surface area contributed by atoms with E-state index in [9.17, 15) is 14.7 Å². The molecule has 2 aromatic rings. The van der Waals surface area contributed by atoms with Crippen LogP contribution in [0.1, 0.15) is 29.6 Å². The van der Waals surface area contributed by atoms with Crippen LogP contribution in [0.4, 0.5) is 0 Å². The number of hydrogen-bond acceptors (Lipinski definition) is 4. The fourth-order valence-corrected chi connectivity index (χ4v) is 3.15. The van der Waals surface area contributed by atoms with Crippen molar-refractivity contribution < 1.29 is 19.1 Å². The molecule has 0 spiro atoms. The molecule has 1 aromatic heterocycles. The van der Waals surface area contributed by atoms with Gasteiger partial charge in [-0.3, -0.25) is 9.59 Å². The highest BCUT2D eigenvalue weighted by Crippen LogP contribution is 2.26. The predicted molar refractivity (Wildman–Crippen MR) is 87.5 cm³/mol. The van der Waals surface area contributed by atoms with Crippen molar-refractivity contribution in [2.24, 2.45) is 11.8 Å². The summed E-state index contributed by atoms with van der Waals surface area (Å²) in [6.45, 7) is 4.41. The lowest BCUT2D eigenvalue weighted by Gasteiger charge is -2.34. The first-order chi connectivity index (χ1) is 11.5. The largest absolute Gasteiger partial charge is 0.481 e. The van der Waals surface area contributed by atoms with Crippen LogP contribution in [0.25, 0.3) is 11.5 Å². The van der Waals surface area contributed by atoms with Crippen LogP contribution in [0.15, 0.2) is 34.7 Å². The summed E-state index contributed by atoms with van der Waals surface area (Å²) >= 11 is 0. The van der Waals surface area contributed by atoms with Crippen molar-refractivity contribution in [2.45, 2.75) is 20.3 Å². The average molecular weight is 328 g/mol. The van der Waals surface area contributed by atoms with Gasteiger partial charge in [0.1, 0.15) is 5.76 Å². The minimum atomic E-state index is -0.860. The second kappa shape index (κ2) is 6.47. The highest BCUT2D eigenvalue weighted by Gasteiger charge is 2.34. The molecule has 24 heavy (non-hydrogen) atoms. The lowest BCUT2D eigenvalue weighted by atomic mass is 9.90. The van der Waals surface area contributed by atoms with Gasteiger partial charge in [-0.1, -0.05) is 25.1 Å². The van der Waals surface area contributed by atoms with E-state index in [4.69, 9.17) is 4.42 Å². The van der Waals surface area contributed by atoms with E-state index in [1.54, 1.807) is 11.8 Å². The van der Waals surface area contributed by atoms with Gasteiger partial charge in [0.15, 0.2) is 5.69 Å². The number of carbonyl (C=O) groups excluding carboxylic acids is 1. The number of aromatic nitrogens is 1. The normalized spacial score (nSPS) is 20.8. The van der Waals surface area contributed by atoms with Crippen molar-refractivity contribution in [3.05, 3.63) is 41.8 Å². The van der Waals surface area contributed by atoms with Gasteiger partial charge >= 0.3 is 5.97 Å². The van der Waals surface area contributed by atoms with Crippen molar-refractivity contribution >= 4 is 11.9 Å². The number of carboxylic acids is 1. The number of carbonyl (C=O) groups is 2. The topological polar surface area (TPSA) is 83.6 Å². The van der Waals surface area contributed by atoms with E-state index >= 15 is 0 Å². The summed E-state index contributed by atoms with van der Waals surface area (Å²) < 4.78 is 5.64. The zero-order valence-corrected chi connectivity index (χ0v) is 13.7. The Morgan fingerprint density at radius 2 is 1.96 bits per heavy atom. The van der Waals surface area contributed by atoms with Crippen molar-refractivity contribution in [3.8, 4) is 11.5 Å². The lowest BCUT2D eigenvalue weighted by Crippen LogP contribution is -2.45. The second-order valence-corrected chi connectivity index (χ2v) is 6.38. The minimum absolute atomic E-state index is 0.143. The molecule has 1 fully saturated rings. The SMILES string of the molecule is Cc1oc(-c2ccccc2)nc1C(=O)N1CC(C)CC(C(=O)O)C1. The summed E-state index contributed by atoms with van der Waals surface area (Å²) in [6.07, 6.45) is 0.589. The molecule has 1 aliphatic rings. The van der Waals surface area contributed by atoms with Crippen molar-refractivity contribution in [2.75, 3.05) is 13.1 Å². The maximum atomic E-state index is 12.8. The molecule has 0 bridgehead atoms. The third-order valence-electron chi connectivity index (χ3n) is 4.32. The summed E-state index contributed by atoms with van der Waals surface area (Å²) in [7, 11) is 0. The van der Waals surface area contributed by atoms with Gasteiger partial charge in [-0.2, -0.15) is 0 Å². The first kappa shape index (κ1) is 16.2. The Bertz CT molecular complexity index is 754. The Morgan fingerprint density at radius 3 is 2.62 bits per heavy atom. The fraction of sp³-hybridized carbons (Fsp3) is 0.389. The highest BCUT2D eigenvalue weighted by atomic mass is 16.4. The van der Waals surface area contributed by atoms with E-state index in [0.717, 1.165) is 5.56 Å². The van der Waals surface area contributed by atoms with Crippen LogP contribution in [-0.4, -0.2) is 40.0 Å². The number of aryl methyl sites for hydroxylation is 1. The van der Waals surface area contributed by atoms with E-state index in [1.807, 2.05) is 37.3 Å². The molecule has 0 radical (unpaired) electrons. The van der Waals surface area contributed by atoms with E-state index in [2.05, 4.69) is 4.98 Å². The summed E-state index contributed by atoms with van der Waals surface area (Å²) in [5.74, 6) is -0.666. The van der Waals surface area contributed by atoms with Gasteiger partial charge in [0, 0.05) is 18.7 Å². The first-order valence-corrected chi connectivity index (χ1v) is 8.00. The zero-order valence-electron chi connectivity index (χ0n) is 13.7. The molecule has 6 heteroatoms. The van der Waals surface area contributed by atoms with E-state index in [-0.39, 0.29) is 24.1 Å². The fourth-order valence-electron chi connectivity index (χ4n) is 3.15. The molecule has 0 saturated carbocycles. The summed E-state index contributed by atoms with van der Waals surface area (Å²) in [5, 5.41) is 9.26. The molecule has 2 heterocycles. The van der Waals surface area contributed by atoms with Crippen LogP contribution < -0.4 is 0 Å². The number of benzene rings is 1. The number of likely N-dealkylation sites (tertiary alicyclic amines) is 1. The number of oxazole rings is 1. The average Bonchev–Trinajstić information content (AvgIpc) is 2.96. The van der Waals surface area contributed by atoms with E-state index in [0.29, 0.717) is 24.6 Å². The van der Waals surface area contributed by atoms with Crippen molar-refractivity contribution in [1.29, 1.82) is 0 Å². The standard InChI is InChI=1S/C18H20N2O4/c1-11-8-14(18(22)23)10-20(9-11)17(21)15-12(2)24-16(19-15)13-6-4-3-5-7-13/h3-7,11,14H,8-10H2,1-2H3,(H,22,23). The molecule has 6 nitrogen and oxygen atoms in total. The molecule has 1 aromatic carbocycles. The van der Waals surface area contributed by atoms with E-state index in [1.165, 1.54) is 0 Å². The first-order valence-electron chi connectivity index (χ1n) is 8.00. The van der Waals surface area contributed by atoms with Crippen LogP contribution in [0, 0.1) is 18.8 Å². The molecular formula is C18H20N2O4. The monoisotopic (exact) mass is 328 g/mol. The molecule has 1 N–H and O–H groups in total. The number of piperidine rings is 1. The third kappa shape index (κ3) is 3.18. The van der Waals surface area contributed by atoms with Gasteiger partial charge in [-0.25, -0.2) is 4.98 Å². The maximum Gasteiger partial charge on any atom is 0.308 e. The van der Waals surface area contributed by atoms with Gasteiger partial charge in [-0.15, -0.1) is 0 Å². The molecule has 126 valence electrons. The number of amides is 1. The van der Waals surface area contributed by atoms with Gasteiger partial charge in [0.2, 0.25) is 5.89 Å². The number of hydrogen-bond donors (Lipinski definition) is 1. The smallest absolute Gasteiger partial charge is 0.308 e. The van der Waals surface area contributed by atoms with Gasteiger partial charge < -0.3 is 14.4 Å². The molecule has 2 atom stereocenters. The van der Waals surface area contributed by atoms with E-state index < -0.39 is 11.9 Å². The van der Waals surface area contributed by atoms with Crippen LogP contribution in [0.3, 0.4) is 0 Å². The quantitative estimate of drug-likeness (QED) is 0.936. The predicted octanol–water partition coefficient (Wildman–Crippen LogP) is 2.83. The Kier molecular flexibility index (Phi) is 4.38. The lowest BCUT2D eigenvalue weighted by molar-refractivity contribution is -0.143. The van der Waals surface area contributed by atoms with Crippen LogP contribution in [-0.2, 0) is 4.79 Å². The number of aliphatic carboxylic acids is 1. The Morgan fingerprint density at radius 1 is 1.25 bits per heavy atom. The van der Waals surface area contributed by atoms with Crippen LogP contribution in [0.5, 0.6) is 0 Å².